The molecule has 5 nitrogen and oxygen atoms in total. The van der Waals surface area contributed by atoms with Crippen LogP contribution in [0.1, 0.15) is 12.8 Å². The molecule has 1 aromatic rings. The van der Waals surface area contributed by atoms with Gasteiger partial charge in [-0.05, 0) is 25.0 Å². The Morgan fingerprint density at radius 3 is 2.72 bits per heavy atom. The van der Waals surface area contributed by atoms with E-state index in [4.69, 9.17) is 14.0 Å². The molecule has 0 radical (unpaired) electrons. The number of hydrogen-bond donors (Lipinski definition) is 1. The average Bonchev–Trinajstić information content (AvgIpc) is 2.33. The Balaban J connectivity index is 2.94. The molecule has 1 N–H and O–H groups in total. The summed E-state index contributed by atoms with van der Waals surface area (Å²) < 4.78 is 41.7. The van der Waals surface area contributed by atoms with Crippen LogP contribution in [0.2, 0.25) is 0 Å². The number of allylic oxidation sites excluding steroid dienone is 1. The topological polar surface area (TPSA) is 72.8 Å². The third-order valence-electron chi connectivity index (χ3n) is 2.24. The van der Waals surface area contributed by atoms with Crippen LogP contribution in [0.15, 0.2) is 35.7 Å². The van der Waals surface area contributed by atoms with Crippen molar-refractivity contribution in [2.75, 3.05) is 13.7 Å². The molecule has 0 aromatic heterocycles. The zero-order valence-corrected chi connectivity index (χ0v) is 10.9. The molecular formula is C12H16O5S. The van der Waals surface area contributed by atoms with Gasteiger partial charge in [0.05, 0.1) is 13.7 Å². The zero-order valence-electron chi connectivity index (χ0n) is 10.1. The van der Waals surface area contributed by atoms with Gasteiger partial charge in [0.15, 0.2) is 0 Å². The van der Waals surface area contributed by atoms with E-state index in [1.165, 1.54) is 25.3 Å². The number of ether oxygens (including phenoxy) is 2. The Labute approximate surface area is 107 Å². The summed E-state index contributed by atoms with van der Waals surface area (Å²) in [7, 11) is -2.84. The molecule has 0 atom stereocenters. The number of rotatable bonds is 7. The van der Waals surface area contributed by atoms with Crippen LogP contribution in [-0.2, 0) is 10.1 Å². The maximum absolute atomic E-state index is 11.2. The van der Waals surface area contributed by atoms with Crippen LogP contribution in [0.5, 0.6) is 11.5 Å². The van der Waals surface area contributed by atoms with Gasteiger partial charge in [-0.3, -0.25) is 4.55 Å². The van der Waals surface area contributed by atoms with Gasteiger partial charge in [0.2, 0.25) is 0 Å². The maximum Gasteiger partial charge on any atom is 0.298 e. The first-order valence-electron chi connectivity index (χ1n) is 5.38. The molecule has 0 fully saturated rings. The first kappa shape index (κ1) is 14.5. The molecule has 0 aliphatic heterocycles. The van der Waals surface area contributed by atoms with Crippen molar-refractivity contribution in [1.82, 2.24) is 0 Å². The van der Waals surface area contributed by atoms with E-state index in [2.05, 4.69) is 6.58 Å². The van der Waals surface area contributed by atoms with E-state index in [9.17, 15) is 8.42 Å². The summed E-state index contributed by atoms with van der Waals surface area (Å²) >= 11 is 0. The van der Waals surface area contributed by atoms with Crippen LogP contribution >= 0.6 is 0 Å². The minimum absolute atomic E-state index is 0.0842. The SMILES string of the molecule is C=CCCCOc1cc(OC)ccc1S(=O)(=O)O. The van der Waals surface area contributed by atoms with Gasteiger partial charge >= 0.3 is 0 Å². The van der Waals surface area contributed by atoms with Crippen LogP contribution in [-0.4, -0.2) is 26.7 Å². The Hall–Kier alpha value is -1.53. The average molecular weight is 272 g/mol. The van der Waals surface area contributed by atoms with Crippen molar-refractivity contribution < 1.29 is 22.4 Å². The van der Waals surface area contributed by atoms with Crippen LogP contribution < -0.4 is 9.47 Å². The molecule has 100 valence electrons. The molecule has 18 heavy (non-hydrogen) atoms. The van der Waals surface area contributed by atoms with Crippen molar-refractivity contribution in [1.29, 1.82) is 0 Å². The first-order chi connectivity index (χ1) is 8.49. The minimum Gasteiger partial charge on any atom is -0.497 e. The number of unbranched alkanes of at least 4 members (excludes halogenated alkanes) is 1. The van der Waals surface area contributed by atoms with Crippen molar-refractivity contribution in [3.8, 4) is 11.5 Å². The summed E-state index contributed by atoms with van der Waals surface area (Å²) in [6, 6.07) is 4.12. The van der Waals surface area contributed by atoms with Crippen molar-refractivity contribution >= 4 is 10.1 Å². The first-order valence-corrected chi connectivity index (χ1v) is 6.82. The smallest absolute Gasteiger partial charge is 0.298 e. The molecule has 0 aliphatic rings. The summed E-state index contributed by atoms with van der Waals surface area (Å²) in [5.74, 6) is 0.544. The molecule has 0 heterocycles. The molecule has 0 aliphatic carbocycles. The molecule has 1 aromatic carbocycles. The highest BCUT2D eigenvalue weighted by Gasteiger charge is 2.17. The van der Waals surface area contributed by atoms with Crippen LogP contribution in [0.4, 0.5) is 0 Å². The van der Waals surface area contributed by atoms with E-state index in [0.717, 1.165) is 6.42 Å². The van der Waals surface area contributed by atoms with E-state index in [1.807, 2.05) is 0 Å². The number of hydrogen-bond acceptors (Lipinski definition) is 4. The predicted octanol–water partition coefficient (Wildman–Crippen LogP) is 2.29. The Morgan fingerprint density at radius 1 is 1.44 bits per heavy atom. The van der Waals surface area contributed by atoms with Crippen molar-refractivity contribution in [2.45, 2.75) is 17.7 Å². The second-order valence-corrected chi connectivity index (χ2v) is 4.96. The minimum atomic E-state index is -4.30. The second-order valence-electron chi connectivity index (χ2n) is 3.57. The largest absolute Gasteiger partial charge is 0.497 e. The third kappa shape index (κ3) is 4.05. The van der Waals surface area contributed by atoms with Crippen molar-refractivity contribution in [3.05, 3.63) is 30.9 Å². The van der Waals surface area contributed by atoms with Crippen LogP contribution in [0, 0.1) is 0 Å². The molecule has 0 saturated heterocycles. The zero-order chi connectivity index (χ0) is 13.6. The Morgan fingerprint density at radius 2 is 2.17 bits per heavy atom. The van der Waals surface area contributed by atoms with Gasteiger partial charge in [-0.2, -0.15) is 8.42 Å². The van der Waals surface area contributed by atoms with E-state index < -0.39 is 10.1 Å². The highest BCUT2D eigenvalue weighted by Crippen LogP contribution is 2.28. The lowest BCUT2D eigenvalue weighted by Gasteiger charge is -2.10. The van der Waals surface area contributed by atoms with Gasteiger partial charge in [-0.25, -0.2) is 0 Å². The summed E-state index contributed by atoms with van der Waals surface area (Å²) in [6.45, 7) is 3.91. The Bertz CT molecular complexity index is 507. The predicted molar refractivity (Wildman–Crippen MR) is 67.7 cm³/mol. The molecular weight excluding hydrogens is 256 g/mol. The van der Waals surface area contributed by atoms with E-state index in [0.29, 0.717) is 18.8 Å². The van der Waals surface area contributed by atoms with Crippen LogP contribution in [0.25, 0.3) is 0 Å². The number of benzene rings is 1. The summed E-state index contributed by atoms with van der Waals surface area (Å²) in [5.41, 5.74) is 0. The lowest BCUT2D eigenvalue weighted by atomic mass is 10.3. The highest BCUT2D eigenvalue weighted by atomic mass is 32.2. The van der Waals surface area contributed by atoms with Crippen LogP contribution in [0.3, 0.4) is 0 Å². The lowest BCUT2D eigenvalue weighted by molar-refractivity contribution is 0.300. The monoisotopic (exact) mass is 272 g/mol. The third-order valence-corrected chi connectivity index (χ3v) is 3.13. The van der Waals surface area contributed by atoms with Gasteiger partial charge in [-0.1, -0.05) is 6.08 Å². The second kappa shape index (κ2) is 6.42. The van der Waals surface area contributed by atoms with Crippen molar-refractivity contribution in [2.24, 2.45) is 0 Å². The van der Waals surface area contributed by atoms with Gasteiger partial charge in [0.1, 0.15) is 16.4 Å². The standard InChI is InChI=1S/C12H16O5S/c1-3-4-5-8-17-11-9-10(16-2)6-7-12(11)18(13,14)15/h3,6-7,9H,1,4-5,8H2,2H3,(H,13,14,15). The molecule has 0 spiro atoms. The quantitative estimate of drug-likeness (QED) is 0.468. The normalized spacial score (nSPS) is 11.0. The lowest BCUT2D eigenvalue weighted by Crippen LogP contribution is -2.05. The molecule has 0 unspecified atom stereocenters. The van der Waals surface area contributed by atoms with Gasteiger partial charge < -0.3 is 9.47 Å². The molecule has 6 heteroatoms. The van der Waals surface area contributed by atoms with E-state index in [-0.39, 0.29) is 10.6 Å². The number of methoxy groups -OCH3 is 1. The fraction of sp³-hybridized carbons (Fsp3) is 0.333. The molecule has 0 bridgehead atoms. The fourth-order valence-corrected chi connectivity index (χ4v) is 1.96. The molecule has 0 saturated carbocycles. The maximum atomic E-state index is 11.2. The summed E-state index contributed by atoms with van der Waals surface area (Å²) in [4.78, 5) is -0.262. The van der Waals surface area contributed by atoms with E-state index >= 15 is 0 Å². The van der Waals surface area contributed by atoms with Gasteiger partial charge in [0.25, 0.3) is 10.1 Å². The van der Waals surface area contributed by atoms with Crippen molar-refractivity contribution in [3.63, 3.8) is 0 Å². The van der Waals surface area contributed by atoms with Gasteiger partial charge in [-0.15, -0.1) is 6.58 Å². The van der Waals surface area contributed by atoms with Gasteiger partial charge in [0, 0.05) is 6.07 Å². The highest BCUT2D eigenvalue weighted by molar-refractivity contribution is 7.86. The summed E-state index contributed by atoms with van der Waals surface area (Å²) in [5, 5.41) is 0. The molecule has 0 amide bonds. The molecule has 1 rings (SSSR count). The Kier molecular flexibility index (Phi) is 5.18. The fourth-order valence-electron chi connectivity index (χ4n) is 1.35. The van der Waals surface area contributed by atoms with E-state index in [1.54, 1.807) is 6.08 Å². The summed E-state index contributed by atoms with van der Waals surface area (Å²) in [6.07, 6.45) is 3.23.